The molecule has 0 aromatic carbocycles. The molecule has 0 amide bonds. The molecule has 0 saturated carbocycles. The normalized spacial score (nSPS) is 18.7. The fraction of sp³-hybridized carbons (Fsp3) is 0.556. The van der Waals surface area contributed by atoms with Crippen LogP contribution >= 0.6 is 0 Å². The maximum absolute atomic E-state index is 5.30. The third-order valence-corrected chi connectivity index (χ3v) is 2.17. The Kier molecular flexibility index (Phi) is 1.84. The van der Waals surface area contributed by atoms with Crippen LogP contribution in [0.4, 0.5) is 5.88 Å². The van der Waals surface area contributed by atoms with Crippen LogP contribution in [0.25, 0.3) is 0 Å². The highest BCUT2D eigenvalue weighted by atomic mass is 16.3. The number of piperidine rings is 1. The maximum Gasteiger partial charge on any atom is 0.195 e. The van der Waals surface area contributed by atoms with E-state index in [1.54, 1.807) is 6.26 Å². The van der Waals surface area contributed by atoms with Crippen LogP contribution in [0.5, 0.6) is 0 Å². The average molecular weight is 151 g/mol. The molecular weight excluding hydrogens is 138 g/mol. The zero-order valence-corrected chi connectivity index (χ0v) is 6.62. The molecule has 0 atom stereocenters. The summed E-state index contributed by atoms with van der Waals surface area (Å²) in [7, 11) is 0. The Morgan fingerprint density at radius 3 is 2.64 bits per heavy atom. The van der Waals surface area contributed by atoms with Gasteiger partial charge in [0.1, 0.15) is 0 Å². The largest absolute Gasteiger partial charge is 0.449 e. The van der Waals surface area contributed by atoms with Crippen LogP contribution in [-0.2, 0) is 0 Å². The second-order valence-corrected chi connectivity index (χ2v) is 3.00. The van der Waals surface area contributed by atoms with Gasteiger partial charge in [-0.05, 0) is 25.3 Å². The number of rotatable bonds is 1. The predicted octanol–water partition coefficient (Wildman–Crippen LogP) is 2.27. The predicted molar refractivity (Wildman–Crippen MR) is 44.8 cm³/mol. The molecule has 0 bridgehead atoms. The molecule has 1 saturated heterocycles. The van der Waals surface area contributed by atoms with Crippen LogP contribution < -0.4 is 4.90 Å². The highest BCUT2D eigenvalue weighted by Gasteiger charge is 2.11. The first-order valence-corrected chi connectivity index (χ1v) is 4.25. The molecule has 0 spiro atoms. The molecule has 60 valence electrons. The minimum atomic E-state index is 1.03. The molecule has 1 aliphatic heterocycles. The summed E-state index contributed by atoms with van der Waals surface area (Å²) in [5, 5.41) is 0. The molecular formula is C9H13NO. The van der Waals surface area contributed by atoms with Crippen molar-refractivity contribution in [3.8, 4) is 0 Å². The second-order valence-electron chi connectivity index (χ2n) is 3.00. The Labute approximate surface area is 66.8 Å². The first-order valence-electron chi connectivity index (χ1n) is 4.25. The maximum atomic E-state index is 5.30. The molecule has 11 heavy (non-hydrogen) atoms. The summed E-state index contributed by atoms with van der Waals surface area (Å²) in [6.45, 7) is 2.32. The zero-order valence-electron chi connectivity index (χ0n) is 6.62. The Hall–Kier alpha value is -0.920. The van der Waals surface area contributed by atoms with Gasteiger partial charge >= 0.3 is 0 Å². The first-order chi connectivity index (χ1) is 5.47. The number of furan rings is 1. The van der Waals surface area contributed by atoms with Gasteiger partial charge in [-0.25, -0.2) is 0 Å². The van der Waals surface area contributed by atoms with Gasteiger partial charge in [-0.15, -0.1) is 0 Å². The van der Waals surface area contributed by atoms with E-state index in [1.165, 1.54) is 19.3 Å². The Morgan fingerprint density at radius 2 is 2.00 bits per heavy atom. The van der Waals surface area contributed by atoms with Crippen molar-refractivity contribution in [2.75, 3.05) is 18.0 Å². The lowest BCUT2D eigenvalue weighted by atomic mass is 10.1. The van der Waals surface area contributed by atoms with Gasteiger partial charge in [-0.3, -0.25) is 0 Å². The standard InChI is InChI=1S/C9H13NO/c1-2-6-10(7-3-1)9-5-4-8-11-9/h4-5,8H,1-3,6-7H2. The lowest BCUT2D eigenvalue weighted by Crippen LogP contribution is -2.28. The molecule has 2 rings (SSSR count). The zero-order chi connectivity index (χ0) is 7.52. The van der Waals surface area contributed by atoms with E-state index >= 15 is 0 Å². The van der Waals surface area contributed by atoms with Crippen LogP contribution in [0.15, 0.2) is 22.8 Å². The second kappa shape index (κ2) is 2.99. The Balaban J connectivity index is 2.04. The van der Waals surface area contributed by atoms with Crippen molar-refractivity contribution in [3.63, 3.8) is 0 Å². The van der Waals surface area contributed by atoms with Gasteiger partial charge in [0.2, 0.25) is 0 Å². The molecule has 1 aromatic rings. The molecule has 2 nitrogen and oxygen atoms in total. The molecule has 2 heteroatoms. The average Bonchev–Trinajstić information content (AvgIpc) is 2.58. The molecule has 1 aromatic heterocycles. The summed E-state index contributed by atoms with van der Waals surface area (Å²) in [5.41, 5.74) is 0. The fourth-order valence-corrected chi connectivity index (χ4v) is 1.56. The van der Waals surface area contributed by atoms with E-state index in [2.05, 4.69) is 4.90 Å². The number of hydrogen-bond acceptors (Lipinski definition) is 2. The van der Waals surface area contributed by atoms with Gasteiger partial charge in [0.25, 0.3) is 0 Å². The minimum absolute atomic E-state index is 1.03. The highest BCUT2D eigenvalue weighted by Crippen LogP contribution is 2.19. The molecule has 2 heterocycles. The third-order valence-electron chi connectivity index (χ3n) is 2.17. The smallest absolute Gasteiger partial charge is 0.195 e. The summed E-state index contributed by atoms with van der Waals surface area (Å²) < 4.78 is 5.30. The van der Waals surface area contributed by atoms with Crippen LogP contribution in [0.2, 0.25) is 0 Å². The van der Waals surface area contributed by atoms with Gasteiger partial charge < -0.3 is 9.32 Å². The summed E-state index contributed by atoms with van der Waals surface area (Å²) in [6, 6.07) is 3.98. The molecule has 1 fully saturated rings. The molecule has 0 radical (unpaired) electrons. The van der Waals surface area contributed by atoms with Crippen LogP contribution in [0.3, 0.4) is 0 Å². The van der Waals surface area contributed by atoms with Crippen LogP contribution in [-0.4, -0.2) is 13.1 Å². The minimum Gasteiger partial charge on any atom is -0.449 e. The number of anilines is 1. The van der Waals surface area contributed by atoms with Crippen molar-refractivity contribution in [3.05, 3.63) is 18.4 Å². The van der Waals surface area contributed by atoms with Crippen molar-refractivity contribution >= 4 is 5.88 Å². The highest BCUT2D eigenvalue weighted by molar-refractivity contribution is 5.34. The first kappa shape index (κ1) is 6.77. The van der Waals surface area contributed by atoms with E-state index in [4.69, 9.17) is 4.42 Å². The van der Waals surface area contributed by atoms with Crippen molar-refractivity contribution in [1.82, 2.24) is 0 Å². The molecule has 1 aliphatic rings. The van der Waals surface area contributed by atoms with Gasteiger partial charge in [0.05, 0.1) is 6.26 Å². The van der Waals surface area contributed by atoms with E-state index in [0.29, 0.717) is 0 Å². The van der Waals surface area contributed by atoms with Crippen molar-refractivity contribution in [2.24, 2.45) is 0 Å². The third kappa shape index (κ3) is 1.39. The van der Waals surface area contributed by atoms with Gasteiger partial charge in [0, 0.05) is 19.2 Å². The van der Waals surface area contributed by atoms with Crippen molar-refractivity contribution in [1.29, 1.82) is 0 Å². The van der Waals surface area contributed by atoms with Crippen molar-refractivity contribution < 1.29 is 4.42 Å². The number of nitrogens with zero attached hydrogens (tertiary/aromatic N) is 1. The van der Waals surface area contributed by atoms with E-state index < -0.39 is 0 Å². The van der Waals surface area contributed by atoms with E-state index in [1.807, 2.05) is 12.1 Å². The van der Waals surface area contributed by atoms with Gasteiger partial charge in [-0.2, -0.15) is 0 Å². The lowest BCUT2D eigenvalue weighted by Gasteiger charge is -2.25. The van der Waals surface area contributed by atoms with Crippen molar-refractivity contribution in [2.45, 2.75) is 19.3 Å². The molecule has 0 unspecified atom stereocenters. The lowest BCUT2D eigenvalue weighted by molar-refractivity contribution is 0.500. The summed E-state index contributed by atoms with van der Waals surface area (Å²) in [5.74, 6) is 1.03. The van der Waals surface area contributed by atoms with E-state index in [9.17, 15) is 0 Å². The van der Waals surface area contributed by atoms with E-state index in [-0.39, 0.29) is 0 Å². The monoisotopic (exact) mass is 151 g/mol. The summed E-state index contributed by atoms with van der Waals surface area (Å²) >= 11 is 0. The molecule has 0 N–H and O–H groups in total. The number of hydrogen-bond donors (Lipinski definition) is 0. The van der Waals surface area contributed by atoms with Crippen LogP contribution in [0, 0.1) is 0 Å². The summed E-state index contributed by atoms with van der Waals surface area (Å²) in [4.78, 5) is 2.31. The summed E-state index contributed by atoms with van der Waals surface area (Å²) in [6.07, 6.45) is 5.72. The quantitative estimate of drug-likeness (QED) is 0.612. The topological polar surface area (TPSA) is 16.4 Å². The van der Waals surface area contributed by atoms with Crippen LogP contribution in [0.1, 0.15) is 19.3 Å². The Morgan fingerprint density at radius 1 is 1.18 bits per heavy atom. The SMILES string of the molecule is c1coc(N2CCCCC2)c1. The molecule has 0 aliphatic carbocycles. The van der Waals surface area contributed by atoms with E-state index in [0.717, 1.165) is 19.0 Å². The fourth-order valence-electron chi connectivity index (χ4n) is 1.56. The van der Waals surface area contributed by atoms with Gasteiger partial charge in [-0.1, -0.05) is 0 Å². The Bertz CT molecular complexity index is 199. The van der Waals surface area contributed by atoms with Gasteiger partial charge in [0.15, 0.2) is 5.88 Å².